The maximum atomic E-state index is 12.9. The zero-order valence-electron chi connectivity index (χ0n) is 18.5. The van der Waals surface area contributed by atoms with Crippen LogP contribution in [0.5, 0.6) is 0 Å². The van der Waals surface area contributed by atoms with Gasteiger partial charge in [-0.2, -0.15) is 4.31 Å². The van der Waals surface area contributed by atoms with Crippen molar-refractivity contribution >= 4 is 32.4 Å². The molecule has 0 saturated carbocycles. The van der Waals surface area contributed by atoms with E-state index in [0.29, 0.717) is 29.7 Å². The predicted octanol–water partition coefficient (Wildman–Crippen LogP) is 5.10. The number of hydrogen-bond acceptors (Lipinski definition) is 5. The Balaban J connectivity index is 1.45. The van der Waals surface area contributed by atoms with Crippen molar-refractivity contribution in [3.63, 3.8) is 0 Å². The summed E-state index contributed by atoms with van der Waals surface area (Å²) in [6, 6.07) is 12.3. The fourth-order valence-corrected chi connectivity index (χ4v) is 6.14. The number of anilines is 1. The molecule has 1 N–H and O–H groups in total. The maximum absolute atomic E-state index is 12.9. The summed E-state index contributed by atoms with van der Waals surface area (Å²) in [5, 5.41) is 5.22. The van der Waals surface area contributed by atoms with Crippen LogP contribution in [-0.4, -0.2) is 36.7 Å². The second-order valence-electron chi connectivity index (χ2n) is 8.43. The number of carbonyl (C=O) groups is 1. The second kappa shape index (κ2) is 9.13. The van der Waals surface area contributed by atoms with Crippen LogP contribution in [0.3, 0.4) is 0 Å². The highest BCUT2D eigenvalue weighted by molar-refractivity contribution is 7.89. The number of carbonyl (C=O) groups excluding carboxylic acids is 1. The monoisotopic (exact) mass is 469 g/mol. The molecule has 0 bridgehead atoms. The Kier molecular flexibility index (Phi) is 6.46. The van der Waals surface area contributed by atoms with Crippen molar-refractivity contribution in [2.24, 2.45) is 5.92 Å². The van der Waals surface area contributed by atoms with Gasteiger partial charge in [0.2, 0.25) is 10.0 Å². The van der Waals surface area contributed by atoms with Gasteiger partial charge in [0.15, 0.2) is 5.13 Å². The first kappa shape index (κ1) is 22.6. The Labute approximate surface area is 193 Å². The second-order valence-corrected chi connectivity index (χ2v) is 11.2. The molecule has 3 aromatic rings. The molecular formula is C24H27N3O3S2. The molecule has 0 radical (unpaired) electrons. The summed E-state index contributed by atoms with van der Waals surface area (Å²) in [5.41, 5.74) is 4.61. The van der Waals surface area contributed by atoms with Gasteiger partial charge < -0.3 is 0 Å². The number of aromatic nitrogens is 1. The van der Waals surface area contributed by atoms with Gasteiger partial charge in [0.05, 0.1) is 10.6 Å². The van der Waals surface area contributed by atoms with Gasteiger partial charge in [0.1, 0.15) is 0 Å². The summed E-state index contributed by atoms with van der Waals surface area (Å²) in [6.07, 6.45) is 1.92. The molecule has 8 heteroatoms. The van der Waals surface area contributed by atoms with Crippen molar-refractivity contribution in [1.29, 1.82) is 0 Å². The van der Waals surface area contributed by atoms with E-state index in [4.69, 9.17) is 0 Å². The minimum Gasteiger partial charge on any atom is -0.298 e. The molecule has 32 heavy (non-hydrogen) atoms. The van der Waals surface area contributed by atoms with Crippen LogP contribution >= 0.6 is 11.3 Å². The van der Waals surface area contributed by atoms with Crippen LogP contribution in [0, 0.1) is 19.8 Å². The van der Waals surface area contributed by atoms with Crippen molar-refractivity contribution in [3.05, 3.63) is 64.5 Å². The summed E-state index contributed by atoms with van der Waals surface area (Å²) < 4.78 is 27.4. The highest BCUT2D eigenvalue weighted by Gasteiger charge is 2.28. The standard InChI is InChI=1S/C24H27N3O3S2/c1-16-5-4-12-27(14-16)32(29,30)21-10-8-19(9-11-21)23(28)26-24-25-22(15-31-24)20-7-6-17(2)18(3)13-20/h6-11,13,15-16H,4-5,12,14H2,1-3H3,(H,25,26,28)/t16-/m1/s1. The molecule has 1 aliphatic rings. The van der Waals surface area contributed by atoms with Gasteiger partial charge in [-0.25, -0.2) is 13.4 Å². The molecule has 0 unspecified atom stereocenters. The van der Waals surface area contributed by atoms with Gasteiger partial charge in [-0.15, -0.1) is 11.3 Å². The van der Waals surface area contributed by atoms with Crippen LogP contribution in [0.1, 0.15) is 41.3 Å². The van der Waals surface area contributed by atoms with Gasteiger partial charge in [-0.1, -0.05) is 19.1 Å². The van der Waals surface area contributed by atoms with Gasteiger partial charge in [0.25, 0.3) is 5.91 Å². The lowest BCUT2D eigenvalue weighted by Gasteiger charge is -2.30. The molecule has 2 aromatic carbocycles. The molecule has 0 aliphatic carbocycles. The van der Waals surface area contributed by atoms with E-state index in [1.54, 1.807) is 16.4 Å². The number of benzene rings is 2. The highest BCUT2D eigenvalue weighted by atomic mass is 32.2. The van der Waals surface area contributed by atoms with Crippen molar-refractivity contribution in [2.75, 3.05) is 18.4 Å². The molecule has 1 fully saturated rings. The summed E-state index contributed by atoms with van der Waals surface area (Å²) in [4.78, 5) is 17.4. The molecule has 6 nitrogen and oxygen atoms in total. The maximum Gasteiger partial charge on any atom is 0.257 e. The number of rotatable bonds is 5. The van der Waals surface area contributed by atoms with E-state index >= 15 is 0 Å². The minimum absolute atomic E-state index is 0.217. The van der Waals surface area contributed by atoms with Gasteiger partial charge >= 0.3 is 0 Å². The van der Waals surface area contributed by atoms with Crippen molar-refractivity contribution < 1.29 is 13.2 Å². The Hall–Kier alpha value is -2.55. The Morgan fingerprint density at radius 1 is 1.12 bits per heavy atom. The molecule has 1 atom stereocenters. The van der Waals surface area contributed by atoms with E-state index in [-0.39, 0.29) is 10.8 Å². The van der Waals surface area contributed by atoms with Gasteiger partial charge in [-0.3, -0.25) is 10.1 Å². The van der Waals surface area contributed by atoms with E-state index in [0.717, 1.165) is 24.1 Å². The summed E-state index contributed by atoms with van der Waals surface area (Å²) >= 11 is 1.36. The number of nitrogens with zero attached hydrogens (tertiary/aromatic N) is 2. The number of thiazole rings is 1. The number of piperidine rings is 1. The number of nitrogens with one attached hydrogen (secondary N) is 1. The number of hydrogen-bond donors (Lipinski definition) is 1. The van der Waals surface area contributed by atoms with Gasteiger partial charge in [0, 0.05) is 29.6 Å². The van der Waals surface area contributed by atoms with Crippen LogP contribution in [0.15, 0.2) is 52.7 Å². The molecule has 1 aromatic heterocycles. The lowest BCUT2D eigenvalue weighted by molar-refractivity contribution is 0.102. The largest absolute Gasteiger partial charge is 0.298 e. The molecule has 1 aliphatic heterocycles. The fourth-order valence-electron chi connectivity index (χ4n) is 3.83. The molecule has 0 spiro atoms. The molecule has 1 saturated heterocycles. The number of amides is 1. The summed E-state index contributed by atoms with van der Waals surface area (Å²) in [5.74, 6) is 0.0390. The van der Waals surface area contributed by atoms with Crippen LogP contribution in [-0.2, 0) is 10.0 Å². The minimum atomic E-state index is -3.54. The Morgan fingerprint density at radius 2 is 1.88 bits per heavy atom. The van der Waals surface area contributed by atoms with E-state index in [1.165, 1.54) is 34.6 Å². The smallest absolute Gasteiger partial charge is 0.257 e. The average molecular weight is 470 g/mol. The first-order chi connectivity index (χ1) is 15.2. The van der Waals surface area contributed by atoms with E-state index in [2.05, 4.69) is 43.2 Å². The van der Waals surface area contributed by atoms with Crippen molar-refractivity contribution in [1.82, 2.24) is 9.29 Å². The molecule has 4 rings (SSSR count). The molecule has 2 heterocycles. The van der Waals surface area contributed by atoms with Crippen LogP contribution in [0.2, 0.25) is 0 Å². The normalized spacial score (nSPS) is 17.3. The first-order valence-corrected chi connectivity index (χ1v) is 13.0. The van der Waals surface area contributed by atoms with Crippen molar-refractivity contribution in [3.8, 4) is 11.3 Å². The third-order valence-corrected chi connectivity index (χ3v) is 8.54. The zero-order chi connectivity index (χ0) is 22.9. The first-order valence-electron chi connectivity index (χ1n) is 10.7. The van der Waals surface area contributed by atoms with Crippen LogP contribution in [0.25, 0.3) is 11.3 Å². The lowest BCUT2D eigenvalue weighted by atomic mass is 10.0. The zero-order valence-corrected chi connectivity index (χ0v) is 20.1. The Bertz CT molecular complexity index is 1230. The average Bonchev–Trinajstić information content (AvgIpc) is 3.24. The Morgan fingerprint density at radius 3 is 2.56 bits per heavy atom. The summed E-state index contributed by atoms with van der Waals surface area (Å²) in [7, 11) is -3.54. The molecular weight excluding hydrogens is 442 g/mol. The van der Waals surface area contributed by atoms with E-state index in [9.17, 15) is 13.2 Å². The van der Waals surface area contributed by atoms with Crippen molar-refractivity contribution in [2.45, 2.75) is 38.5 Å². The van der Waals surface area contributed by atoms with Crippen LogP contribution < -0.4 is 5.32 Å². The SMILES string of the molecule is Cc1ccc(-c2csc(NC(=O)c3ccc(S(=O)(=O)N4CCC[C@@H](C)C4)cc3)n2)cc1C. The highest BCUT2D eigenvalue weighted by Crippen LogP contribution is 2.27. The molecule has 1 amide bonds. The number of aryl methyl sites for hydroxylation is 2. The molecule has 168 valence electrons. The third kappa shape index (κ3) is 4.77. The van der Waals surface area contributed by atoms with Crippen LogP contribution in [0.4, 0.5) is 5.13 Å². The topological polar surface area (TPSA) is 79.4 Å². The quantitative estimate of drug-likeness (QED) is 0.564. The summed E-state index contributed by atoms with van der Waals surface area (Å²) in [6.45, 7) is 7.28. The number of sulfonamides is 1. The van der Waals surface area contributed by atoms with Gasteiger partial charge in [-0.05, 0) is 74.1 Å². The third-order valence-electron chi connectivity index (χ3n) is 5.90. The van der Waals surface area contributed by atoms with E-state index < -0.39 is 10.0 Å². The predicted molar refractivity (Wildman–Crippen MR) is 129 cm³/mol. The van der Waals surface area contributed by atoms with E-state index in [1.807, 2.05) is 11.4 Å². The fraction of sp³-hybridized carbons (Fsp3) is 0.333. The lowest BCUT2D eigenvalue weighted by Crippen LogP contribution is -2.39.